The summed E-state index contributed by atoms with van der Waals surface area (Å²) in [4.78, 5) is 4.00. The van der Waals surface area contributed by atoms with Crippen molar-refractivity contribution in [1.82, 2.24) is 4.98 Å². The summed E-state index contributed by atoms with van der Waals surface area (Å²) >= 11 is 12.2. The number of rotatable bonds is 3. The monoisotopic (exact) mass is 243 g/mol. The van der Waals surface area contributed by atoms with Crippen LogP contribution in [-0.2, 0) is 6.42 Å². The Hall–Kier alpha value is -0.270. The van der Waals surface area contributed by atoms with E-state index in [9.17, 15) is 0 Å². The van der Waals surface area contributed by atoms with Crippen LogP contribution in [0.1, 0.15) is 31.2 Å². The number of nitrogens with zero attached hydrogens (tertiary/aromatic N) is 1. The first-order valence-electron chi connectivity index (χ1n) is 5.40. The summed E-state index contributed by atoms with van der Waals surface area (Å²) in [5.41, 5.74) is 1.47. The van der Waals surface area contributed by atoms with Crippen LogP contribution in [0.3, 0.4) is 0 Å². The molecule has 1 aliphatic rings. The molecule has 1 aromatic rings. The van der Waals surface area contributed by atoms with Crippen LogP contribution in [0.5, 0.6) is 0 Å². The molecule has 0 radical (unpaired) electrons. The molecule has 1 fully saturated rings. The second kappa shape index (κ2) is 4.71. The highest BCUT2D eigenvalue weighted by atomic mass is 35.5. The van der Waals surface area contributed by atoms with Gasteiger partial charge < -0.3 is 0 Å². The van der Waals surface area contributed by atoms with Crippen LogP contribution in [-0.4, -0.2) is 10.9 Å². The molecule has 0 atom stereocenters. The van der Waals surface area contributed by atoms with Crippen molar-refractivity contribution in [3.8, 4) is 0 Å². The topological polar surface area (TPSA) is 12.9 Å². The summed E-state index contributed by atoms with van der Waals surface area (Å²) in [5, 5.41) is 0.772. The van der Waals surface area contributed by atoms with Gasteiger partial charge in [-0.3, -0.25) is 4.98 Å². The van der Waals surface area contributed by atoms with E-state index in [0.29, 0.717) is 0 Å². The van der Waals surface area contributed by atoms with Crippen LogP contribution in [0.2, 0.25) is 5.02 Å². The first-order chi connectivity index (χ1) is 7.26. The number of aromatic nitrogens is 1. The van der Waals surface area contributed by atoms with Gasteiger partial charge in [0.05, 0.1) is 5.02 Å². The fourth-order valence-electron chi connectivity index (χ4n) is 2.43. The average molecular weight is 244 g/mol. The molecule has 15 heavy (non-hydrogen) atoms. The van der Waals surface area contributed by atoms with Crippen molar-refractivity contribution in [2.24, 2.45) is 5.41 Å². The lowest BCUT2D eigenvalue weighted by atomic mass is 9.82. The smallest absolute Gasteiger partial charge is 0.0621 e. The largest absolute Gasteiger partial charge is 0.263 e. The molecule has 0 aliphatic heterocycles. The Balaban J connectivity index is 2.16. The Morgan fingerprint density at radius 1 is 1.33 bits per heavy atom. The minimum atomic E-state index is 0.284. The summed E-state index contributed by atoms with van der Waals surface area (Å²) in [6.07, 6.45) is 9.58. The maximum Gasteiger partial charge on any atom is 0.0621 e. The molecule has 1 nitrogen and oxygen atoms in total. The molecular formula is C12H15Cl2N. The molecule has 3 heteroatoms. The van der Waals surface area contributed by atoms with Gasteiger partial charge in [-0.2, -0.15) is 0 Å². The number of alkyl halides is 1. The van der Waals surface area contributed by atoms with Crippen LogP contribution in [0.25, 0.3) is 0 Å². The molecule has 0 saturated heterocycles. The molecule has 1 aromatic heterocycles. The van der Waals surface area contributed by atoms with E-state index < -0.39 is 0 Å². The zero-order valence-corrected chi connectivity index (χ0v) is 10.2. The summed E-state index contributed by atoms with van der Waals surface area (Å²) in [6, 6.07) is 2.01. The van der Waals surface area contributed by atoms with Crippen molar-refractivity contribution in [3.05, 3.63) is 29.0 Å². The third-order valence-corrected chi connectivity index (χ3v) is 4.28. The van der Waals surface area contributed by atoms with Crippen molar-refractivity contribution < 1.29 is 0 Å². The molecule has 0 N–H and O–H groups in total. The van der Waals surface area contributed by atoms with E-state index in [0.717, 1.165) is 17.3 Å². The summed E-state index contributed by atoms with van der Waals surface area (Å²) < 4.78 is 0. The number of hydrogen-bond donors (Lipinski definition) is 0. The maximum absolute atomic E-state index is 6.12. The van der Waals surface area contributed by atoms with Gasteiger partial charge in [0.15, 0.2) is 0 Å². The Bertz CT molecular complexity index is 332. The van der Waals surface area contributed by atoms with E-state index in [1.165, 1.54) is 31.2 Å². The van der Waals surface area contributed by atoms with E-state index >= 15 is 0 Å². The van der Waals surface area contributed by atoms with Crippen LogP contribution < -0.4 is 0 Å². The van der Waals surface area contributed by atoms with Crippen molar-refractivity contribution in [3.63, 3.8) is 0 Å². The van der Waals surface area contributed by atoms with E-state index in [4.69, 9.17) is 23.2 Å². The van der Waals surface area contributed by atoms with Gasteiger partial charge in [0, 0.05) is 18.3 Å². The van der Waals surface area contributed by atoms with Gasteiger partial charge in [0.25, 0.3) is 0 Å². The van der Waals surface area contributed by atoms with Gasteiger partial charge in [-0.25, -0.2) is 0 Å². The predicted octanol–water partition coefficient (Wildman–Crippen LogP) is 4.08. The second-order valence-electron chi connectivity index (χ2n) is 4.48. The molecule has 82 valence electrons. The zero-order valence-electron chi connectivity index (χ0n) is 8.68. The molecule has 1 heterocycles. The van der Waals surface area contributed by atoms with Crippen LogP contribution >= 0.6 is 23.2 Å². The average Bonchev–Trinajstić information content (AvgIpc) is 2.71. The number of halogens is 2. The zero-order chi connectivity index (χ0) is 10.7. The molecule has 2 rings (SSSR count). The fourth-order valence-corrected chi connectivity index (χ4v) is 2.98. The summed E-state index contributed by atoms with van der Waals surface area (Å²) in [5.74, 6) is 0.742. The Kier molecular flexibility index (Phi) is 3.53. The van der Waals surface area contributed by atoms with E-state index in [-0.39, 0.29) is 5.41 Å². The first kappa shape index (κ1) is 11.2. The van der Waals surface area contributed by atoms with E-state index in [1.54, 1.807) is 12.4 Å². The van der Waals surface area contributed by atoms with Gasteiger partial charge in [0.2, 0.25) is 0 Å². The molecular weight excluding hydrogens is 229 g/mol. The lowest BCUT2D eigenvalue weighted by Gasteiger charge is -2.26. The van der Waals surface area contributed by atoms with E-state index in [1.807, 2.05) is 6.07 Å². The summed E-state index contributed by atoms with van der Waals surface area (Å²) in [6.45, 7) is 0. The highest BCUT2D eigenvalue weighted by Crippen LogP contribution is 2.42. The minimum absolute atomic E-state index is 0.284. The number of hydrogen-bond acceptors (Lipinski definition) is 1. The van der Waals surface area contributed by atoms with Gasteiger partial charge in [-0.1, -0.05) is 24.4 Å². The first-order valence-corrected chi connectivity index (χ1v) is 6.31. The van der Waals surface area contributed by atoms with Crippen molar-refractivity contribution in [2.75, 3.05) is 5.88 Å². The number of pyridine rings is 1. The normalized spacial score (nSPS) is 19.3. The second-order valence-corrected chi connectivity index (χ2v) is 5.16. The van der Waals surface area contributed by atoms with E-state index in [2.05, 4.69) is 4.98 Å². The maximum atomic E-state index is 6.12. The molecule has 0 unspecified atom stereocenters. The quantitative estimate of drug-likeness (QED) is 0.730. The molecule has 1 saturated carbocycles. The highest BCUT2D eigenvalue weighted by molar-refractivity contribution is 6.31. The van der Waals surface area contributed by atoms with Crippen LogP contribution in [0.15, 0.2) is 18.5 Å². The highest BCUT2D eigenvalue weighted by Gasteiger charge is 2.33. The van der Waals surface area contributed by atoms with Crippen molar-refractivity contribution >= 4 is 23.2 Å². The summed E-state index contributed by atoms with van der Waals surface area (Å²) in [7, 11) is 0. The molecule has 0 spiro atoms. The SMILES string of the molecule is ClCC1(Cc2ccncc2Cl)CCCC1. The molecule has 1 aliphatic carbocycles. The Morgan fingerprint density at radius 2 is 2.07 bits per heavy atom. The van der Waals surface area contributed by atoms with Crippen LogP contribution in [0.4, 0.5) is 0 Å². The Labute approximate surface area is 101 Å². The van der Waals surface area contributed by atoms with Gasteiger partial charge in [-0.15, -0.1) is 11.6 Å². The van der Waals surface area contributed by atoms with Crippen LogP contribution in [0, 0.1) is 5.41 Å². The molecule has 0 bridgehead atoms. The van der Waals surface area contributed by atoms with Gasteiger partial charge in [-0.05, 0) is 36.3 Å². The standard InChI is InChI=1S/C12H15Cl2N/c13-9-12(4-1-2-5-12)7-10-3-6-15-8-11(10)14/h3,6,8H,1-2,4-5,7,9H2. The molecule has 0 amide bonds. The van der Waals surface area contributed by atoms with Gasteiger partial charge >= 0.3 is 0 Å². The van der Waals surface area contributed by atoms with Gasteiger partial charge in [0.1, 0.15) is 0 Å². The third kappa shape index (κ3) is 2.46. The fraction of sp³-hybridized carbons (Fsp3) is 0.583. The Morgan fingerprint density at radius 3 is 2.67 bits per heavy atom. The predicted molar refractivity (Wildman–Crippen MR) is 64.6 cm³/mol. The van der Waals surface area contributed by atoms with Crippen molar-refractivity contribution in [2.45, 2.75) is 32.1 Å². The lowest BCUT2D eigenvalue weighted by Crippen LogP contribution is -2.21. The third-order valence-electron chi connectivity index (χ3n) is 3.37. The van der Waals surface area contributed by atoms with Crippen molar-refractivity contribution in [1.29, 1.82) is 0 Å². The minimum Gasteiger partial charge on any atom is -0.263 e. The molecule has 0 aromatic carbocycles. The lowest BCUT2D eigenvalue weighted by molar-refractivity contribution is 0.341.